The van der Waals surface area contributed by atoms with Crippen LogP contribution in [0.3, 0.4) is 0 Å². The van der Waals surface area contributed by atoms with Crippen LogP contribution in [-0.2, 0) is 4.79 Å². The van der Waals surface area contributed by atoms with Crippen molar-refractivity contribution in [1.82, 2.24) is 15.0 Å². The molecule has 0 unspecified atom stereocenters. The number of halogens is 1. The van der Waals surface area contributed by atoms with Crippen molar-refractivity contribution >= 4 is 55.8 Å². The molecule has 206 valence electrons. The highest BCUT2D eigenvalue weighted by Crippen LogP contribution is 2.27. The Morgan fingerprint density at radius 2 is 2.07 bits per heavy atom. The lowest BCUT2D eigenvalue weighted by molar-refractivity contribution is -0.880. The number of hydrogen-bond acceptors (Lipinski definition) is 8. The number of likely N-dealkylation sites (N-methyl/N-ethyl adjacent to an activating group) is 1. The van der Waals surface area contributed by atoms with Gasteiger partial charge in [-0.25, -0.2) is 15.0 Å². The molecule has 0 saturated heterocycles. The summed E-state index contributed by atoms with van der Waals surface area (Å²) in [6.07, 6.45) is 12.0. The molecule has 41 heavy (non-hydrogen) atoms. The number of aromatic nitrogens is 3. The Hall–Kier alpha value is -4.91. The average Bonchev–Trinajstić information content (AvgIpc) is 3.31. The molecule has 0 radical (unpaired) electrons. The normalized spacial score (nSPS) is 13.0. The number of nitro groups is 1. The quantitative estimate of drug-likeness (QED) is 0.120. The first-order valence-electron chi connectivity index (χ1n) is 12.4. The Morgan fingerprint density at radius 3 is 2.80 bits per heavy atom. The molecule has 0 saturated carbocycles. The van der Waals surface area contributed by atoms with Crippen LogP contribution in [0.1, 0.15) is 18.9 Å². The second-order valence-corrected chi connectivity index (χ2v) is 10.6. The van der Waals surface area contributed by atoms with Gasteiger partial charge in [-0.15, -0.1) is 6.42 Å². The van der Waals surface area contributed by atoms with Gasteiger partial charge in [0.1, 0.15) is 24.5 Å². The summed E-state index contributed by atoms with van der Waals surface area (Å²) in [6.45, 7) is 2.51. The summed E-state index contributed by atoms with van der Waals surface area (Å²) in [5, 5.41) is 18.1. The van der Waals surface area contributed by atoms with Gasteiger partial charge in [0.2, 0.25) is 11.6 Å². The number of carbonyl (C=O) groups is 1. The molecule has 0 aliphatic carbocycles. The van der Waals surface area contributed by atoms with Crippen molar-refractivity contribution in [3.63, 3.8) is 0 Å². The van der Waals surface area contributed by atoms with Gasteiger partial charge in [0.25, 0.3) is 0 Å². The van der Waals surface area contributed by atoms with Crippen LogP contribution in [0, 0.1) is 34.3 Å². The van der Waals surface area contributed by atoms with Crippen LogP contribution < -0.4 is 10.6 Å². The van der Waals surface area contributed by atoms with Gasteiger partial charge in [0.05, 0.1) is 44.3 Å². The van der Waals surface area contributed by atoms with E-state index in [-0.39, 0.29) is 11.7 Å². The Labute approximate surface area is 245 Å². The van der Waals surface area contributed by atoms with E-state index in [1.54, 1.807) is 25.3 Å². The third kappa shape index (κ3) is 7.39. The summed E-state index contributed by atoms with van der Waals surface area (Å²) >= 11 is 3.42. The minimum Gasteiger partial charge on any atom is -0.358 e. The molecule has 1 aliphatic heterocycles. The predicted octanol–water partition coefficient (Wildman–Crippen LogP) is 4.44. The van der Waals surface area contributed by atoms with Crippen LogP contribution >= 0.6 is 15.9 Å². The summed E-state index contributed by atoms with van der Waals surface area (Å²) in [4.78, 5) is 40.6. The number of anilines is 3. The molecule has 11 nitrogen and oxygen atoms in total. The van der Waals surface area contributed by atoms with Crippen LogP contribution in [0.25, 0.3) is 10.9 Å². The number of nitrogens with zero attached hydrogens (tertiary/aromatic N) is 6. The SMILES string of the molecule is C#Cc1cc(Nc2ncnc3cnc(NC(=O)/C=C/C[N+](C)(C)CC4=C([N+](=O)[O-])N=C(C#CC)C4)cc23)ccc1Br. The summed E-state index contributed by atoms with van der Waals surface area (Å²) in [6, 6.07) is 7.21. The third-order valence-electron chi connectivity index (χ3n) is 6.03. The van der Waals surface area contributed by atoms with Crippen molar-refractivity contribution in [2.75, 3.05) is 37.8 Å². The van der Waals surface area contributed by atoms with Gasteiger partial charge in [-0.1, -0.05) is 11.8 Å². The lowest BCUT2D eigenvalue weighted by Crippen LogP contribution is -2.41. The molecule has 2 N–H and O–H groups in total. The Kier molecular flexibility index (Phi) is 8.87. The van der Waals surface area contributed by atoms with E-state index in [0.717, 1.165) is 10.2 Å². The lowest BCUT2D eigenvalue weighted by atomic mass is 10.1. The predicted molar refractivity (Wildman–Crippen MR) is 162 cm³/mol. The van der Waals surface area contributed by atoms with Crippen LogP contribution in [0.2, 0.25) is 0 Å². The van der Waals surface area contributed by atoms with E-state index in [9.17, 15) is 14.9 Å². The van der Waals surface area contributed by atoms with E-state index in [2.05, 4.69) is 64.3 Å². The zero-order valence-electron chi connectivity index (χ0n) is 22.6. The first-order chi connectivity index (χ1) is 19.6. The van der Waals surface area contributed by atoms with Crippen molar-refractivity contribution in [1.29, 1.82) is 0 Å². The molecule has 12 heteroatoms. The fraction of sp³-hybridized carbons (Fsp3) is 0.207. The Balaban J connectivity index is 1.42. The highest BCUT2D eigenvalue weighted by molar-refractivity contribution is 9.10. The fourth-order valence-corrected chi connectivity index (χ4v) is 4.57. The number of rotatable bonds is 9. The summed E-state index contributed by atoms with van der Waals surface area (Å²) in [5.41, 5.74) is 3.13. The van der Waals surface area contributed by atoms with E-state index in [0.29, 0.717) is 63.4 Å². The molecule has 0 spiro atoms. The second-order valence-electron chi connectivity index (χ2n) is 9.74. The number of terminal acetylenes is 1. The maximum absolute atomic E-state index is 12.7. The average molecular weight is 614 g/mol. The van der Waals surface area contributed by atoms with Crippen LogP contribution in [-0.4, -0.2) is 63.2 Å². The Morgan fingerprint density at radius 1 is 1.27 bits per heavy atom. The van der Waals surface area contributed by atoms with Crippen molar-refractivity contribution < 1.29 is 14.2 Å². The summed E-state index contributed by atoms with van der Waals surface area (Å²) in [7, 11) is 3.85. The molecule has 3 heterocycles. The smallest absolute Gasteiger partial charge is 0.358 e. The number of amides is 1. The third-order valence-corrected chi connectivity index (χ3v) is 6.72. The maximum Gasteiger partial charge on any atom is 0.369 e. The van der Waals surface area contributed by atoms with Crippen molar-refractivity contribution in [3.8, 4) is 24.2 Å². The van der Waals surface area contributed by atoms with Crippen molar-refractivity contribution in [3.05, 3.63) is 80.5 Å². The molecule has 1 aliphatic rings. The molecular weight excluding hydrogens is 588 g/mol. The van der Waals surface area contributed by atoms with Gasteiger partial charge in [0, 0.05) is 27.2 Å². The van der Waals surface area contributed by atoms with Crippen molar-refractivity contribution in [2.45, 2.75) is 13.3 Å². The molecule has 2 aromatic heterocycles. The molecule has 0 fully saturated rings. The van der Waals surface area contributed by atoms with Crippen LogP contribution in [0.15, 0.2) is 69.8 Å². The van der Waals surface area contributed by atoms with E-state index in [1.165, 1.54) is 12.4 Å². The van der Waals surface area contributed by atoms with E-state index in [4.69, 9.17) is 6.42 Å². The number of aliphatic imine (C=N–C) groups is 1. The molecule has 3 aromatic rings. The van der Waals surface area contributed by atoms with Gasteiger partial charge >= 0.3 is 5.82 Å². The van der Waals surface area contributed by atoms with Crippen LogP contribution in [0.4, 0.5) is 17.3 Å². The molecular formula is C29H26BrN8O3+. The van der Waals surface area contributed by atoms with Crippen LogP contribution in [0.5, 0.6) is 0 Å². The molecule has 0 bridgehead atoms. The monoisotopic (exact) mass is 613 g/mol. The Bertz CT molecular complexity index is 1740. The number of pyridine rings is 1. The second kappa shape index (κ2) is 12.5. The number of carbonyl (C=O) groups excluding carboxylic acids is 1. The first kappa shape index (κ1) is 29.1. The standard InChI is InChI=1S/C29H25BrN8O3/c1-5-8-21-14-20(29(35-21)37(40)41)17-38(3,4)12-7-9-27(39)36-26-15-23-25(16-31-26)32-18-33-28(23)34-22-10-11-24(30)19(6-2)13-22/h2,7,9-11,13,15-16,18H,12,14,17H2,1,3-4H3,(H-,31,32,33,34,36,39)/p+1/b9-7+. The lowest BCUT2D eigenvalue weighted by Gasteiger charge is -2.28. The fourth-order valence-electron chi connectivity index (χ4n) is 4.21. The van der Waals surface area contributed by atoms with E-state index >= 15 is 0 Å². The number of quaternary nitrogens is 1. The first-order valence-corrected chi connectivity index (χ1v) is 13.2. The molecule has 1 aromatic carbocycles. The van der Waals surface area contributed by atoms with Gasteiger partial charge in [-0.05, 0) is 69.0 Å². The maximum atomic E-state index is 12.7. The van der Waals surface area contributed by atoms with Crippen molar-refractivity contribution in [2.24, 2.45) is 4.99 Å². The van der Waals surface area contributed by atoms with Gasteiger partial charge in [-0.3, -0.25) is 4.79 Å². The summed E-state index contributed by atoms with van der Waals surface area (Å²) < 4.78 is 1.20. The largest absolute Gasteiger partial charge is 0.369 e. The minimum absolute atomic E-state index is 0.146. The van der Waals surface area contributed by atoms with Gasteiger partial charge in [0.15, 0.2) is 0 Å². The number of fused-ring (bicyclic) bond motifs is 1. The topological polar surface area (TPSA) is 135 Å². The molecule has 1 amide bonds. The number of hydrogen-bond donors (Lipinski definition) is 2. The zero-order valence-corrected chi connectivity index (χ0v) is 24.2. The van der Waals surface area contributed by atoms with Gasteiger partial charge < -0.3 is 25.2 Å². The zero-order chi connectivity index (χ0) is 29.6. The number of benzene rings is 1. The summed E-state index contributed by atoms with van der Waals surface area (Å²) in [5.74, 6) is 8.51. The molecule has 0 atom stereocenters. The highest BCUT2D eigenvalue weighted by atomic mass is 79.9. The van der Waals surface area contributed by atoms with Gasteiger partial charge in [-0.2, -0.15) is 0 Å². The minimum atomic E-state index is -0.473. The molecule has 4 rings (SSSR count). The highest BCUT2D eigenvalue weighted by Gasteiger charge is 2.32. The number of nitrogens with one attached hydrogen (secondary N) is 2. The van der Waals surface area contributed by atoms with E-state index < -0.39 is 4.92 Å². The van der Waals surface area contributed by atoms with E-state index in [1.807, 2.05) is 32.3 Å².